The molecule has 0 atom stereocenters. The first-order valence-corrected chi connectivity index (χ1v) is 17.1. The average molecular weight is 639 g/mol. The monoisotopic (exact) mass is 638 g/mol. The summed E-state index contributed by atoms with van der Waals surface area (Å²) in [6.45, 7) is 0.437. The van der Waals surface area contributed by atoms with Gasteiger partial charge in [0.2, 0.25) is 0 Å². The van der Waals surface area contributed by atoms with Crippen LogP contribution in [0.25, 0.3) is 11.1 Å². The molecule has 1 aromatic heterocycles. The van der Waals surface area contributed by atoms with Crippen LogP contribution < -0.4 is 10.1 Å². The van der Waals surface area contributed by atoms with Crippen LogP contribution in [0.1, 0.15) is 82.4 Å². The molecule has 0 unspecified atom stereocenters. The number of para-hydroxylation sites is 1. The molecule has 2 heterocycles. The van der Waals surface area contributed by atoms with Crippen LogP contribution in [-0.2, 0) is 23.4 Å². The summed E-state index contributed by atoms with van der Waals surface area (Å²) < 4.78 is 12.9. The SMILES string of the molecule is O=C1NC(=O)c2cc(CCCCCSc3ccc(Cl)c(COC4(c5cnccc5-c5ccccc5OC5CC5)CC4)c3)ccc21. The van der Waals surface area contributed by atoms with E-state index in [9.17, 15) is 9.59 Å². The van der Waals surface area contributed by atoms with Gasteiger partial charge in [-0.3, -0.25) is 19.9 Å². The molecule has 45 heavy (non-hydrogen) atoms. The molecular weight excluding hydrogens is 604 g/mol. The van der Waals surface area contributed by atoms with Crippen LogP contribution in [0, 0.1) is 0 Å². The van der Waals surface area contributed by atoms with Gasteiger partial charge in [-0.05, 0) is 110 Å². The molecule has 1 N–H and O–H groups in total. The summed E-state index contributed by atoms with van der Waals surface area (Å²) in [5, 5.41) is 3.07. The smallest absolute Gasteiger partial charge is 0.258 e. The van der Waals surface area contributed by atoms with E-state index in [1.165, 1.54) is 4.90 Å². The van der Waals surface area contributed by atoms with Crippen molar-refractivity contribution in [3.05, 3.63) is 112 Å². The van der Waals surface area contributed by atoms with Crippen LogP contribution in [0.2, 0.25) is 5.02 Å². The largest absolute Gasteiger partial charge is 0.490 e. The number of hydrogen-bond donors (Lipinski definition) is 1. The van der Waals surface area contributed by atoms with Crippen molar-refractivity contribution < 1.29 is 19.1 Å². The van der Waals surface area contributed by atoms with Gasteiger partial charge in [0.25, 0.3) is 11.8 Å². The molecule has 3 aliphatic rings. The maximum atomic E-state index is 11.9. The molecule has 3 aromatic carbocycles. The number of benzene rings is 3. The normalized spacial score (nSPS) is 16.4. The standard InChI is InChI=1S/C37H35ClN2O4S/c38-33-14-12-27(45-19-5-1-2-6-24-9-13-30-31(20-24)36(42)40-35(30)41)21-25(33)23-43-37(16-17-37)32-22-39-18-15-28(32)29-7-3-4-8-34(29)44-26-10-11-26/h3-4,7-9,12-15,18,20-22,26H,1-2,5-6,10-11,16-17,19,23H2,(H,40,41,42). The van der Waals surface area contributed by atoms with Crippen molar-refractivity contribution in [1.82, 2.24) is 10.3 Å². The number of aryl methyl sites for hydroxylation is 1. The fraction of sp³-hybridized carbons (Fsp3) is 0.324. The second-order valence-electron chi connectivity index (χ2n) is 12.1. The summed E-state index contributed by atoms with van der Waals surface area (Å²) in [4.78, 5) is 29.4. The predicted molar refractivity (Wildman–Crippen MR) is 177 cm³/mol. The summed E-state index contributed by atoms with van der Waals surface area (Å²) in [6.07, 6.45) is 12.3. The number of rotatable bonds is 14. The Bertz CT molecular complexity index is 1750. The van der Waals surface area contributed by atoms with E-state index in [1.807, 2.05) is 48.4 Å². The number of amides is 2. The van der Waals surface area contributed by atoms with E-state index in [0.29, 0.717) is 23.8 Å². The molecule has 6 nitrogen and oxygen atoms in total. The Morgan fingerprint density at radius 1 is 0.889 bits per heavy atom. The molecule has 2 amide bonds. The number of carbonyl (C=O) groups is 2. The molecule has 2 aliphatic carbocycles. The van der Waals surface area contributed by atoms with Crippen LogP contribution >= 0.6 is 23.4 Å². The molecule has 2 saturated carbocycles. The number of pyridine rings is 1. The summed E-state index contributed by atoms with van der Waals surface area (Å²) >= 11 is 8.48. The zero-order valence-electron chi connectivity index (χ0n) is 25.0. The fourth-order valence-electron chi connectivity index (χ4n) is 5.89. The highest BCUT2D eigenvalue weighted by atomic mass is 35.5. The van der Waals surface area contributed by atoms with E-state index in [4.69, 9.17) is 21.1 Å². The first-order chi connectivity index (χ1) is 22.0. The van der Waals surface area contributed by atoms with Crippen molar-refractivity contribution in [2.24, 2.45) is 0 Å². The highest BCUT2D eigenvalue weighted by molar-refractivity contribution is 7.99. The van der Waals surface area contributed by atoms with Crippen molar-refractivity contribution in [2.45, 2.75) is 74.6 Å². The van der Waals surface area contributed by atoms with Crippen molar-refractivity contribution in [3.63, 3.8) is 0 Å². The van der Waals surface area contributed by atoms with Gasteiger partial charge in [-0.1, -0.05) is 42.3 Å². The van der Waals surface area contributed by atoms with Gasteiger partial charge in [-0.25, -0.2) is 0 Å². The van der Waals surface area contributed by atoms with E-state index in [-0.39, 0.29) is 17.4 Å². The molecule has 7 rings (SSSR count). The average Bonchev–Trinajstić information content (AvgIpc) is 4.00. The number of thioether (sulfide) groups is 1. The summed E-state index contributed by atoms with van der Waals surface area (Å²) in [6, 6.07) is 22.1. The summed E-state index contributed by atoms with van der Waals surface area (Å²) in [5.74, 6) is 1.33. The van der Waals surface area contributed by atoms with E-state index in [1.54, 1.807) is 6.07 Å². The molecule has 8 heteroatoms. The minimum absolute atomic E-state index is 0.296. The van der Waals surface area contributed by atoms with Gasteiger partial charge in [0, 0.05) is 33.4 Å². The lowest BCUT2D eigenvalue weighted by molar-refractivity contribution is 0.0173. The maximum absolute atomic E-state index is 11.9. The number of aromatic nitrogens is 1. The summed E-state index contributed by atoms with van der Waals surface area (Å²) in [5.41, 5.74) is 5.99. The first-order valence-electron chi connectivity index (χ1n) is 15.7. The number of carbonyl (C=O) groups excluding carboxylic acids is 2. The lowest BCUT2D eigenvalue weighted by Gasteiger charge is -2.22. The molecule has 0 saturated heterocycles. The van der Waals surface area contributed by atoms with Gasteiger partial charge in [0.1, 0.15) is 5.75 Å². The predicted octanol–water partition coefficient (Wildman–Crippen LogP) is 8.54. The number of hydrogen-bond acceptors (Lipinski definition) is 6. The number of nitrogens with zero attached hydrogens (tertiary/aromatic N) is 1. The highest BCUT2D eigenvalue weighted by Crippen LogP contribution is 2.53. The number of ether oxygens (including phenoxy) is 2. The van der Waals surface area contributed by atoms with Crippen molar-refractivity contribution in [1.29, 1.82) is 0 Å². The minimum atomic E-state index is -0.374. The molecule has 2 fully saturated rings. The highest BCUT2D eigenvalue weighted by Gasteiger charge is 2.47. The van der Waals surface area contributed by atoms with Crippen LogP contribution in [0.5, 0.6) is 5.75 Å². The lowest BCUT2D eigenvalue weighted by Crippen LogP contribution is -2.19. The Morgan fingerprint density at radius 2 is 1.73 bits per heavy atom. The lowest BCUT2D eigenvalue weighted by atomic mass is 9.96. The van der Waals surface area contributed by atoms with E-state index < -0.39 is 0 Å². The van der Waals surface area contributed by atoms with Crippen molar-refractivity contribution >= 4 is 35.2 Å². The zero-order valence-corrected chi connectivity index (χ0v) is 26.6. The van der Waals surface area contributed by atoms with E-state index in [0.717, 1.165) is 95.7 Å². The number of nitrogens with one attached hydrogen (secondary N) is 1. The second-order valence-corrected chi connectivity index (χ2v) is 13.7. The Balaban J connectivity index is 0.933. The fourth-order valence-corrected chi connectivity index (χ4v) is 7.04. The minimum Gasteiger partial charge on any atom is -0.490 e. The molecule has 4 aromatic rings. The maximum Gasteiger partial charge on any atom is 0.258 e. The Labute approximate surface area is 272 Å². The molecule has 230 valence electrons. The van der Waals surface area contributed by atoms with Gasteiger partial charge >= 0.3 is 0 Å². The molecule has 0 spiro atoms. The Morgan fingerprint density at radius 3 is 2.58 bits per heavy atom. The van der Waals surface area contributed by atoms with E-state index >= 15 is 0 Å². The third-order valence-corrected chi connectivity index (χ3v) is 10.2. The van der Waals surface area contributed by atoms with Crippen LogP contribution in [-0.4, -0.2) is 28.7 Å². The van der Waals surface area contributed by atoms with Crippen molar-refractivity contribution in [3.8, 4) is 16.9 Å². The molecule has 1 aliphatic heterocycles. The number of halogens is 1. The van der Waals surface area contributed by atoms with Gasteiger partial charge in [0.15, 0.2) is 0 Å². The van der Waals surface area contributed by atoms with Gasteiger partial charge in [0.05, 0.1) is 29.4 Å². The van der Waals surface area contributed by atoms with Crippen molar-refractivity contribution in [2.75, 3.05) is 5.75 Å². The van der Waals surface area contributed by atoms with E-state index in [2.05, 4.69) is 46.7 Å². The third-order valence-electron chi connectivity index (χ3n) is 8.71. The zero-order chi connectivity index (χ0) is 30.8. The van der Waals surface area contributed by atoms with Crippen LogP contribution in [0.4, 0.5) is 0 Å². The number of fused-ring (bicyclic) bond motifs is 1. The molecule has 0 radical (unpaired) electrons. The molecule has 0 bridgehead atoms. The number of unbranched alkanes of at least 4 members (excludes halogenated alkanes) is 2. The third kappa shape index (κ3) is 6.81. The van der Waals surface area contributed by atoms with Gasteiger partial charge in [-0.15, -0.1) is 11.8 Å². The Hall–Kier alpha value is -3.65. The quantitative estimate of drug-likeness (QED) is 0.0847. The number of imide groups is 1. The summed E-state index contributed by atoms with van der Waals surface area (Å²) in [7, 11) is 0. The van der Waals surface area contributed by atoms with Gasteiger partial charge < -0.3 is 9.47 Å². The Kier molecular flexibility index (Phi) is 8.67. The van der Waals surface area contributed by atoms with Crippen LogP contribution in [0.3, 0.4) is 0 Å². The topological polar surface area (TPSA) is 77.5 Å². The van der Waals surface area contributed by atoms with Gasteiger partial charge in [-0.2, -0.15) is 0 Å². The first kappa shape index (κ1) is 30.0. The van der Waals surface area contributed by atoms with Crippen LogP contribution in [0.15, 0.2) is 84.0 Å². The second kappa shape index (κ2) is 13.0. The molecular formula is C37H35ClN2O4S.